The third-order valence-electron chi connectivity index (χ3n) is 3.71. The van der Waals surface area contributed by atoms with Crippen LogP contribution in [0.4, 0.5) is 0 Å². The van der Waals surface area contributed by atoms with E-state index in [-0.39, 0.29) is 6.42 Å². The molecule has 1 aromatic carbocycles. The van der Waals surface area contributed by atoms with Gasteiger partial charge in [0.15, 0.2) is 0 Å². The standard InChI is InChI=1S/C18H20N4O/c1-4-15-5-7-17(8-6-15)22-13(2)11-16(14(22)3)12-20-21-18(23)9-10-19/h5-8,11-12H,4,9H2,1-3H3,(H,21,23)/b20-12-. The lowest BCUT2D eigenvalue weighted by atomic mass is 10.1. The van der Waals surface area contributed by atoms with Gasteiger partial charge in [-0.25, -0.2) is 5.43 Å². The number of nitrogens with zero attached hydrogens (tertiary/aromatic N) is 3. The first-order chi connectivity index (χ1) is 11.1. The van der Waals surface area contributed by atoms with Gasteiger partial charge in [-0.15, -0.1) is 0 Å². The average Bonchev–Trinajstić information content (AvgIpc) is 2.82. The Hall–Kier alpha value is -2.87. The second kappa shape index (κ2) is 7.41. The molecule has 1 aromatic heterocycles. The second-order valence-corrected chi connectivity index (χ2v) is 5.31. The zero-order valence-electron chi connectivity index (χ0n) is 13.6. The molecule has 2 rings (SSSR count). The number of hydrogen-bond donors (Lipinski definition) is 1. The van der Waals surface area contributed by atoms with Gasteiger partial charge >= 0.3 is 0 Å². The fourth-order valence-electron chi connectivity index (χ4n) is 2.48. The van der Waals surface area contributed by atoms with Crippen molar-refractivity contribution in [3.05, 3.63) is 52.8 Å². The van der Waals surface area contributed by atoms with E-state index >= 15 is 0 Å². The number of carbonyl (C=O) groups excluding carboxylic acids is 1. The summed E-state index contributed by atoms with van der Waals surface area (Å²) in [5.41, 5.74) is 7.82. The maximum atomic E-state index is 11.2. The van der Waals surface area contributed by atoms with E-state index in [1.807, 2.05) is 19.9 Å². The third-order valence-corrected chi connectivity index (χ3v) is 3.71. The van der Waals surface area contributed by atoms with Crippen molar-refractivity contribution in [3.8, 4) is 11.8 Å². The van der Waals surface area contributed by atoms with Crippen molar-refractivity contribution in [2.24, 2.45) is 5.10 Å². The number of benzene rings is 1. The molecule has 0 aliphatic carbocycles. The summed E-state index contributed by atoms with van der Waals surface area (Å²) in [4.78, 5) is 11.2. The normalized spacial score (nSPS) is 10.7. The lowest BCUT2D eigenvalue weighted by Crippen LogP contribution is -2.16. The number of nitriles is 1. The van der Waals surface area contributed by atoms with Crippen molar-refractivity contribution in [3.63, 3.8) is 0 Å². The molecule has 5 heteroatoms. The minimum atomic E-state index is -0.410. The van der Waals surface area contributed by atoms with E-state index in [9.17, 15) is 4.79 Å². The molecule has 0 bridgehead atoms. The summed E-state index contributed by atoms with van der Waals surface area (Å²) in [7, 11) is 0. The van der Waals surface area contributed by atoms with Crippen LogP contribution >= 0.6 is 0 Å². The van der Waals surface area contributed by atoms with Gasteiger partial charge in [0.2, 0.25) is 0 Å². The number of amides is 1. The second-order valence-electron chi connectivity index (χ2n) is 5.31. The van der Waals surface area contributed by atoms with Gasteiger partial charge in [-0.05, 0) is 44.0 Å². The SMILES string of the molecule is CCc1ccc(-n2c(C)cc(/C=N\NC(=O)CC#N)c2C)cc1. The average molecular weight is 308 g/mol. The summed E-state index contributed by atoms with van der Waals surface area (Å²) in [6.07, 6.45) is 2.43. The van der Waals surface area contributed by atoms with Crippen molar-refractivity contribution in [1.82, 2.24) is 9.99 Å². The molecule has 0 aliphatic rings. The fraction of sp³-hybridized carbons (Fsp3) is 0.278. The van der Waals surface area contributed by atoms with Crippen LogP contribution in [0.2, 0.25) is 0 Å². The first-order valence-corrected chi connectivity index (χ1v) is 7.54. The maximum Gasteiger partial charge on any atom is 0.254 e. The molecule has 0 spiro atoms. The molecule has 0 atom stereocenters. The Labute approximate surface area is 136 Å². The molecular formula is C18H20N4O. The molecule has 0 fully saturated rings. The van der Waals surface area contributed by atoms with E-state index in [2.05, 4.69) is 46.3 Å². The number of hydrogen-bond acceptors (Lipinski definition) is 3. The molecule has 0 saturated carbocycles. The summed E-state index contributed by atoms with van der Waals surface area (Å²) in [5, 5.41) is 12.3. The first-order valence-electron chi connectivity index (χ1n) is 7.54. The van der Waals surface area contributed by atoms with Gasteiger partial charge in [-0.2, -0.15) is 10.4 Å². The lowest BCUT2D eigenvalue weighted by molar-refractivity contribution is -0.120. The summed E-state index contributed by atoms with van der Waals surface area (Å²) >= 11 is 0. The minimum Gasteiger partial charge on any atom is -0.318 e. The van der Waals surface area contributed by atoms with Crippen LogP contribution in [-0.4, -0.2) is 16.7 Å². The maximum absolute atomic E-state index is 11.2. The monoisotopic (exact) mass is 308 g/mol. The molecule has 0 unspecified atom stereocenters. The molecule has 0 aliphatic heterocycles. The van der Waals surface area contributed by atoms with Gasteiger partial charge < -0.3 is 4.57 Å². The van der Waals surface area contributed by atoms with Crippen LogP contribution in [0.15, 0.2) is 35.4 Å². The Kier molecular flexibility index (Phi) is 5.32. The van der Waals surface area contributed by atoms with Crippen LogP contribution in [0, 0.1) is 25.2 Å². The van der Waals surface area contributed by atoms with E-state index < -0.39 is 5.91 Å². The van der Waals surface area contributed by atoms with Gasteiger partial charge in [0.25, 0.3) is 5.91 Å². The van der Waals surface area contributed by atoms with E-state index in [0.29, 0.717) is 0 Å². The van der Waals surface area contributed by atoms with Gasteiger partial charge in [0.1, 0.15) is 6.42 Å². The number of aromatic nitrogens is 1. The summed E-state index contributed by atoms with van der Waals surface area (Å²) in [6.45, 7) is 6.18. The molecule has 1 amide bonds. The quantitative estimate of drug-likeness (QED) is 0.681. The molecule has 2 aromatic rings. The van der Waals surface area contributed by atoms with Gasteiger partial charge in [-0.3, -0.25) is 4.79 Å². The highest BCUT2D eigenvalue weighted by Crippen LogP contribution is 2.20. The van der Waals surface area contributed by atoms with Crippen LogP contribution in [0.25, 0.3) is 5.69 Å². The number of aryl methyl sites for hydroxylation is 2. The van der Waals surface area contributed by atoms with E-state index in [0.717, 1.165) is 29.1 Å². The van der Waals surface area contributed by atoms with Gasteiger partial charge in [-0.1, -0.05) is 19.1 Å². The van der Waals surface area contributed by atoms with Crippen LogP contribution in [0.5, 0.6) is 0 Å². The van der Waals surface area contributed by atoms with Crippen LogP contribution in [-0.2, 0) is 11.2 Å². The topological polar surface area (TPSA) is 70.2 Å². The fourth-order valence-corrected chi connectivity index (χ4v) is 2.48. The van der Waals surface area contributed by atoms with Crippen molar-refractivity contribution in [1.29, 1.82) is 5.26 Å². The Bertz CT molecular complexity index is 764. The zero-order valence-corrected chi connectivity index (χ0v) is 13.6. The third kappa shape index (κ3) is 3.86. The highest BCUT2D eigenvalue weighted by Gasteiger charge is 2.09. The lowest BCUT2D eigenvalue weighted by Gasteiger charge is -2.10. The van der Waals surface area contributed by atoms with Gasteiger partial charge in [0, 0.05) is 22.6 Å². The van der Waals surface area contributed by atoms with Gasteiger partial charge in [0.05, 0.1) is 12.3 Å². The molecule has 0 radical (unpaired) electrons. The van der Waals surface area contributed by atoms with Crippen molar-refractivity contribution in [2.75, 3.05) is 0 Å². The number of hydrazone groups is 1. The summed E-state index contributed by atoms with van der Waals surface area (Å²) in [6, 6.07) is 12.3. The summed E-state index contributed by atoms with van der Waals surface area (Å²) in [5.74, 6) is -0.410. The van der Waals surface area contributed by atoms with E-state index in [1.54, 1.807) is 12.3 Å². The van der Waals surface area contributed by atoms with Crippen LogP contribution in [0.1, 0.15) is 35.9 Å². The Morgan fingerprint density at radius 2 is 2.04 bits per heavy atom. The molecule has 1 N–H and O–H groups in total. The molecule has 0 saturated heterocycles. The molecule has 1 heterocycles. The van der Waals surface area contributed by atoms with Crippen molar-refractivity contribution in [2.45, 2.75) is 33.6 Å². The number of nitrogens with one attached hydrogen (secondary N) is 1. The predicted octanol–water partition coefficient (Wildman–Crippen LogP) is 3.02. The Morgan fingerprint density at radius 1 is 1.35 bits per heavy atom. The largest absolute Gasteiger partial charge is 0.318 e. The first kappa shape index (κ1) is 16.5. The molecule has 118 valence electrons. The molecular weight excluding hydrogens is 288 g/mol. The van der Waals surface area contributed by atoms with Crippen molar-refractivity contribution < 1.29 is 4.79 Å². The van der Waals surface area contributed by atoms with Crippen molar-refractivity contribution >= 4 is 12.1 Å². The Balaban J connectivity index is 2.23. The molecule has 23 heavy (non-hydrogen) atoms. The van der Waals surface area contributed by atoms with Crippen LogP contribution in [0.3, 0.4) is 0 Å². The van der Waals surface area contributed by atoms with E-state index in [1.165, 1.54) is 5.56 Å². The van der Waals surface area contributed by atoms with E-state index in [4.69, 9.17) is 5.26 Å². The highest BCUT2D eigenvalue weighted by molar-refractivity contribution is 5.84. The smallest absolute Gasteiger partial charge is 0.254 e. The predicted molar refractivity (Wildman–Crippen MR) is 90.6 cm³/mol. The minimum absolute atomic E-state index is 0.194. The highest BCUT2D eigenvalue weighted by atomic mass is 16.2. The summed E-state index contributed by atoms with van der Waals surface area (Å²) < 4.78 is 2.15. The molecule has 5 nitrogen and oxygen atoms in total. The Morgan fingerprint density at radius 3 is 2.65 bits per heavy atom. The zero-order chi connectivity index (χ0) is 16.8. The number of carbonyl (C=O) groups is 1. The van der Waals surface area contributed by atoms with Crippen LogP contribution < -0.4 is 5.43 Å². The number of rotatable bonds is 5.